The lowest BCUT2D eigenvalue weighted by Gasteiger charge is -2.43. The number of thioether (sulfide) groups is 1. The van der Waals surface area contributed by atoms with E-state index in [1.165, 1.54) is 6.26 Å². The van der Waals surface area contributed by atoms with Crippen molar-refractivity contribution in [1.82, 2.24) is 4.90 Å². The minimum Gasteiger partial charge on any atom is -0.381 e. The fourth-order valence-corrected chi connectivity index (χ4v) is 5.97. The van der Waals surface area contributed by atoms with Crippen molar-refractivity contribution in [1.29, 1.82) is 0 Å². The third-order valence-electron chi connectivity index (χ3n) is 4.10. The van der Waals surface area contributed by atoms with E-state index >= 15 is 0 Å². The molecule has 2 fully saturated rings. The zero-order valence-corrected chi connectivity index (χ0v) is 13.1. The molecular formula is C12H24N2O3S2. The van der Waals surface area contributed by atoms with Crippen molar-refractivity contribution in [2.75, 3.05) is 44.1 Å². The van der Waals surface area contributed by atoms with Gasteiger partial charge in [-0.25, -0.2) is 8.42 Å². The third-order valence-corrected chi connectivity index (χ3v) is 6.76. The van der Waals surface area contributed by atoms with E-state index in [1.54, 1.807) is 11.8 Å². The van der Waals surface area contributed by atoms with Crippen molar-refractivity contribution in [3.8, 4) is 0 Å². The van der Waals surface area contributed by atoms with Crippen molar-refractivity contribution in [2.24, 2.45) is 11.7 Å². The highest BCUT2D eigenvalue weighted by atomic mass is 32.2. The van der Waals surface area contributed by atoms with Crippen LogP contribution in [0.5, 0.6) is 0 Å². The summed E-state index contributed by atoms with van der Waals surface area (Å²) in [4.78, 5) is 2.14. The zero-order valence-electron chi connectivity index (χ0n) is 11.5. The number of nitrogens with two attached hydrogens (primary N) is 1. The summed E-state index contributed by atoms with van der Waals surface area (Å²) >= 11 is 1.72. The van der Waals surface area contributed by atoms with E-state index in [0.29, 0.717) is 18.2 Å². The van der Waals surface area contributed by atoms with Crippen molar-refractivity contribution >= 4 is 21.6 Å². The molecule has 2 rings (SSSR count). The summed E-state index contributed by atoms with van der Waals surface area (Å²) in [6.45, 7) is 2.89. The largest absolute Gasteiger partial charge is 0.381 e. The minimum absolute atomic E-state index is 0.171. The van der Waals surface area contributed by atoms with Gasteiger partial charge in [0.05, 0.1) is 0 Å². The smallest absolute Gasteiger partial charge is 0.164 e. The van der Waals surface area contributed by atoms with Crippen LogP contribution in [0.15, 0.2) is 0 Å². The highest BCUT2D eigenvalue weighted by Gasteiger charge is 2.38. The van der Waals surface area contributed by atoms with Crippen LogP contribution >= 0.6 is 11.8 Å². The van der Waals surface area contributed by atoms with Crippen LogP contribution in [0, 0.1) is 5.92 Å². The van der Waals surface area contributed by atoms with Gasteiger partial charge in [0, 0.05) is 50.1 Å². The van der Waals surface area contributed by atoms with Gasteiger partial charge >= 0.3 is 0 Å². The third kappa shape index (κ3) is 3.85. The molecule has 2 unspecified atom stereocenters. The Balaban J connectivity index is 2.14. The van der Waals surface area contributed by atoms with Gasteiger partial charge in [-0.2, -0.15) is 11.8 Å². The maximum Gasteiger partial charge on any atom is 0.164 e. The molecule has 0 bridgehead atoms. The van der Waals surface area contributed by atoms with Gasteiger partial charge in [-0.15, -0.1) is 0 Å². The van der Waals surface area contributed by atoms with Crippen LogP contribution in [0.25, 0.3) is 0 Å². The molecule has 0 saturated carbocycles. The SMILES string of the molecule is CS(=O)(=O)C1CSCCN1C(CN)C1CCOCC1. The van der Waals surface area contributed by atoms with Gasteiger partial charge in [0.1, 0.15) is 5.37 Å². The van der Waals surface area contributed by atoms with Crippen LogP contribution in [-0.2, 0) is 14.6 Å². The van der Waals surface area contributed by atoms with E-state index in [0.717, 1.165) is 38.4 Å². The lowest BCUT2D eigenvalue weighted by Crippen LogP contribution is -2.57. The lowest BCUT2D eigenvalue weighted by atomic mass is 9.90. The zero-order chi connectivity index (χ0) is 13.9. The molecule has 0 aromatic rings. The number of ether oxygens (including phenoxy) is 1. The summed E-state index contributed by atoms with van der Waals surface area (Å²) in [6.07, 6.45) is 3.32. The second-order valence-corrected chi connectivity index (χ2v) is 8.70. The minimum atomic E-state index is -3.05. The van der Waals surface area contributed by atoms with E-state index in [4.69, 9.17) is 10.5 Å². The molecule has 5 nitrogen and oxygen atoms in total. The normalized spacial score (nSPS) is 29.3. The van der Waals surface area contributed by atoms with Crippen LogP contribution in [0.2, 0.25) is 0 Å². The Bertz CT molecular complexity index is 382. The Morgan fingerprint density at radius 1 is 1.42 bits per heavy atom. The maximum atomic E-state index is 12.0. The van der Waals surface area contributed by atoms with Gasteiger partial charge in [-0.1, -0.05) is 0 Å². The van der Waals surface area contributed by atoms with E-state index in [-0.39, 0.29) is 11.4 Å². The molecule has 7 heteroatoms. The Kier molecular flexibility index (Phi) is 5.54. The van der Waals surface area contributed by atoms with Gasteiger partial charge in [0.15, 0.2) is 9.84 Å². The number of nitrogens with zero attached hydrogens (tertiary/aromatic N) is 1. The summed E-state index contributed by atoms with van der Waals surface area (Å²) in [5, 5.41) is -0.373. The highest BCUT2D eigenvalue weighted by Crippen LogP contribution is 2.29. The Morgan fingerprint density at radius 3 is 2.68 bits per heavy atom. The average Bonchev–Trinajstić information content (AvgIpc) is 2.40. The topological polar surface area (TPSA) is 72.6 Å². The van der Waals surface area contributed by atoms with Gasteiger partial charge in [-0.05, 0) is 18.8 Å². The lowest BCUT2D eigenvalue weighted by molar-refractivity contribution is 0.0264. The Morgan fingerprint density at radius 2 is 2.11 bits per heavy atom. The number of sulfone groups is 1. The number of rotatable bonds is 4. The molecule has 0 amide bonds. The molecule has 0 radical (unpaired) electrons. The Labute approximate surface area is 120 Å². The summed E-state index contributed by atoms with van der Waals surface area (Å²) in [7, 11) is -3.05. The van der Waals surface area contributed by atoms with Crippen molar-refractivity contribution < 1.29 is 13.2 Å². The van der Waals surface area contributed by atoms with Crippen LogP contribution in [0.3, 0.4) is 0 Å². The second kappa shape index (κ2) is 6.76. The molecule has 19 heavy (non-hydrogen) atoms. The molecule has 0 aromatic carbocycles. The van der Waals surface area contributed by atoms with Crippen LogP contribution in [-0.4, -0.2) is 68.8 Å². The van der Waals surface area contributed by atoms with Crippen molar-refractivity contribution in [3.63, 3.8) is 0 Å². The number of hydrogen-bond donors (Lipinski definition) is 1. The average molecular weight is 308 g/mol. The molecule has 0 aliphatic carbocycles. The predicted molar refractivity (Wildman–Crippen MR) is 79.0 cm³/mol. The van der Waals surface area contributed by atoms with Gasteiger partial charge in [-0.3, -0.25) is 4.90 Å². The first-order valence-electron chi connectivity index (χ1n) is 6.84. The first-order valence-corrected chi connectivity index (χ1v) is 9.95. The molecule has 2 heterocycles. The molecule has 2 saturated heterocycles. The molecular weight excluding hydrogens is 284 g/mol. The van der Waals surface area contributed by atoms with E-state index in [1.807, 2.05) is 0 Å². The summed E-state index contributed by atoms with van der Waals surface area (Å²) in [5.41, 5.74) is 5.96. The standard InChI is InChI=1S/C12H24N2O3S2/c1-19(15,16)12-9-18-7-4-14(12)11(8-13)10-2-5-17-6-3-10/h10-12H,2-9,13H2,1H3. The molecule has 2 N–H and O–H groups in total. The van der Waals surface area contributed by atoms with Gasteiger partial charge < -0.3 is 10.5 Å². The Hall–Kier alpha value is 0.180. The fraction of sp³-hybridized carbons (Fsp3) is 1.00. The molecule has 2 atom stereocenters. The number of hydrogen-bond acceptors (Lipinski definition) is 6. The van der Waals surface area contributed by atoms with E-state index in [9.17, 15) is 8.42 Å². The second-order valence-electron chi connectivity index (χ2n) is 5.35. The van der Waals surface area contributed by atoms with Gasteiger partial charge in [0.2, 0.25) is 0 Å². The van der Waals surface area contributed by atoms with Crippen LogP contribution < -0.4 is 5.73 Å². The van der Waals surface area contributed by atoms with Crippen molar-refractivity contribution in [3.05, 3.63) is 0 Å². The molecule has 2 aliphatic heterocycles. The molecule has 0 spiro atoms. The quantitative estimate of drug-likeness (QED) is 0.797. The van der Waals surface area contributed by atoms with Crippen LogP contribution in [0.4, 0.5) is 0 Å². The molecule has 0 aromatic heterocycles. The van der Waals surface area contributed by atoms with Crippen molar-refractivity contribution in [2.45, 2.75) is 24.3 Å². The van der Waals surface area contributed by atoms with E-state index in [2.05, 4.69) is 4.90 Å². The fourth-order valence-electron chi connectivity index (χ4n) is 3.04. The predicted octanol–water partition coefficient (Wildman–Crippen LogP) is 0.160. The van der Waals surface area contributed by atoms with Crippen LogP contribution in [0.1, 0.15) is 12.8 Å². The summed E-state index contributed by atoms with van der Waals surface area (Å²) in [5.74, 6) is 2.12. The van der Waals surface area contributed by atoms with E-state index < -0.39 is 9.84 Å². The summed E-state index contributed by atoms with van der Waals surface area (Å²) < 4.78 is 29.4. The highest BCUT2D eigenvalue weighted by molar-refractivity contribution is 8.00. The molecule has 112 valence electrons. The molecule has 2 aliphatic rings. The maximum absolute atomic E-state index is 12.0. The first-order chi connectivity index (χ1) is 9.04. The monoisotopic (exact) mass is 308 g/mol. The van der Waals surface area contributed by atoms with Gasteiger partial charge in [0.25, 0.3) is 0 Å². The summed E-state index contributed by atoms with van der Waals surface area (Å²) in [6, 6.07) is 0.171. The first kappa shape index (κ1) is 15.6.